The van der Waals surface area contributed by atoms with Crippen molar-refractivity contribution >= 4 is 62.3 Å². The smallest absolute Gasteiger partial charge is 0.243 e. The molecule has 0 aliphatic carbocycles. The normalized spacial score (nSPS) is 12.2. The first kappa shape index (κ1) is 33.7. The minimum atomic E-state index is -3.67. The molecule has 0 saturated carbocycles. The van der Waals surface area contributed by atoms with Gasteiger partial charge in [0, 0.05) is 52.6 Å². The second-order valence-corrected chi connectivity index (χ2v) is 13.5. The lowest BCUT2D eigenvalue weighted by Gasteiger charge is -2.33. The van der Waals surface area contributed by atoms with Gasteiger partial charge in [-0.05, 0) is 62.6 Å². The summed E-state index contributed by atoms with van der Waals surface area (Å²) in [5.74, 6) is -0.639. The molecule has 42 heavy (non-hydrogen) atoms. The first-order valence-corrected chi connectivity index (χ1v) is 16.6. The number of nitrogens with one attached hydrogen (secondary N) is 1. The largest absolute Gasteiger partial charge is 0.352 e. The van der Waals surface area contributed by atoms with Crippen molar-refractivity contribution in [2.45, 2.75) is 58.7 Å². The van der Waals surface area contributed by atoms with Gasteiger partial charge in [0.25, 0.3) is 0 Å². The van der Waals surface area contributed by atoms with E-state index in [0.29, 0.717) is 31.9 Å². The van der Waals surface area contributed by atoms with Crippen LogP contribution in [0.2, 0.25) is 15.1 Å². The molecule has 3 aromatic carbocycles. The average molecular weight is 653 g/mol. The Morgan fingerprint density at radius 1 is 0.881 bits per heavy atom. The van der Waals surface area contributed by atoms with Crippen LogP contribution in [0, 0.1) is 6.92 Å². The Labute approximate surface area is 263 Å². The van der Waals surface area contributed by atoms with Gasteiger partial charge >= 0.3 is 0 Å². The number of rotatable bonds is 13. The fourth-order valence-electron chi connectivity index (χ4n) is 4.64. The molecular formula is C31H36Cl3N3O4S. The van der Waals surface area contributed by atoms with Crippen LogP contribution in [0.3, 0.4) is 0 Å². The van der Waals surface area contributed by atoms with E-state index in [0.717, 1.165) is 11.8 Å². The molecule has 0 radical (unpaired) electrons. The molecule has 1 atom stereocenters. The Balaban J connectivity index is 1.94. The van der Waals surface area contributed by atoms with Crippen molar-refractivity contribution < 1.29 is 18.0 Å². The van der Waals surface area contributed by atoms with E-state index in [9.17, 15) is 18.0 Å². The van der Waals surface area contributed by atoms with Crippen molar-refractivity contribution in [1.29, 1.82) is 0 Å². The fraction of sp³-hybridized carbons (Fsp3) is 0.355. The van der Waals surface area contributed by atoms with Crippen molar-refractivity contribution in [1.82, 2.24) is 10.2 Å². The Kier molecular flexibility index (Phi) is 12.1. The second-order valence-electron chi connectivity index (χ2n) is 10.4. The number of hydrogen-bond donors (Lipinski definition) is 1. The summed E-state index contributed by atoms with van der Waals surface area (Å²) in [6, 6.07) is 18.6. The van der Waals surface area contributed by atoms with Crippen LogP contribution in [-0.2, 0) is 32.6 Å². The molecule has 3 rings (SSSR count). The van der Waals surface area contributed by atoms with E-state index >= 15 is 0 Å². The number of carbonyl (C=O) groups excluding carboxylic acids is 2. The van der Waals surface area contributed by atoms with Gasteiger partial charge in [-0.2, -0.15) is 0 Å². The molecule has 0 fully saturated rings. The average Bonchev–Trinajstić information content (AvgIpc) is 2.91. The van der Waals surface area contributed by atoms with Crippen LogP contribution in [0.1, 0.15) is 43.4 Å². The highest BCUT2D eigenvalue weighted by molar-refractivity contribution is 7.92. The number of carbonyl (C=O) groups is 2. The summed E-state index contributed by atoms with van der Waals surface area (Å²) in [4.78, 5) is 29.0. The van der Waals surface area contributed by atoms with E-state index < -0.39 is 16.1 Å². The number of hydrogen-bond acceptors (Lipinski definition) is 4. The third-order valence-corrected chi connectivity index (χ3v) is 9.05. The van der Waals surface area contributed by atoms with Crippen molar-refractivity contribution in [3.63, 3.8) is 0 Å². The third kappa shape index (κ3) is 9.11. The third-order valence-electron chi connectivity index (χ3n) is 6.75. The first-order chi connectivity index (χ1) is 19.8. The summed E-state index contributed by atoms with van der Waals surface area (Å²) in [5.41, 5.74) is 2.48. The first-order valence-electron chi connectivity index (χ1n) is 13.6. The number of benzene rings is 3. The predicted molar refractivity (Wildman–Crippen MR) is 172 cm³/mol. The van der Waals surface area contributed by atoms with Crippen molar-refractivity contribution in [3.05, 3.63) is 98.5 Å². The fourth-order valence-corrected chi connectivity index (χ4v) is 6.34. The minimum absolute atomic E-state index is 0.00352. The zero-order valence-electron chi connectivity index (χ0n) is 24.1. The SMILES string of the molecule is Cc1c(Cl)cccc1N(CCCC(=O)N(Cc1c(Cl)cccc1Cl)[C@@H](Cc1ccccc1)C(=O)NC(C)C)S(C)(=O)=O. The topological polar surface area (TPSA) is 86.8 Å². The van der Waals surface area contributed by atoms with Crippen molar-refractivity contribution in [2.24, 2.45) is 0 Å². The molecule has 0 heterocycles. The number of anilines is 1. The Hall–Kier alpha value is -2.78. The number of nitrogens with zero attached hydrogens (tertiary/aromatic N) is 2. The maximum absolute atomic E-state index is 14.0. The highest BCUT2D eigenvalue weighted by Crippen LogP contribution is 2.30. The van der Waals surface area contributed by atoms with E-state index in [1.165, 1.54) is 9.21 Å². The highest BCUT2D eigenvalue weighted by Gasteiger charge is 2.32. The van der Waals surface area contributed by atoms with E-state index in [1.807, 2.05) is 44.2 Å². The van der Waals surface area contributed by atoms with Crippen molar-refractivity contribution in [3.8, 4) is 0 Å². The van der Waals surface area contributed by atoms with Gasteiger partial charge in [0.1, 0.15) is 6.04 Å². The quantitative estimate of drug-likeness (QED) is 0.224. The maximum Gasteiger partial charge on any atom is 0.243 e. The zero-order chi connectivity index (χ0) is 31.0. The van der Waals surface area contributed by atoms with E-state index in [2.05, 4.69) is 5.32 Å². The van der Waals surface area contributed by atoms with Crippen LogP contribution in [0.4, 0.5) is 5.69 Å². The van der Waals surface area contributed by atoms with Gasteiger partial charge in [-0.25, -0.2) is 8.42 Å². The molecule has 0 unspecified atom stereocenters. The number of sulfonamides is 1. The summed E-state index contributed by atoms with van der Waals surface area (Å²) in [6.45, 7) is 5.51. The monoisotopic (exact) mass is 651 g/mol. The molecule has 0 saturated heterocycles. The molecule has 0 bridgehead atoms. The number of halogens is 3. The summed E-state index contributed by atoms with van der Waals surface area (Å²) in [6.07, 6.45) is 1.57. The molecular weight excluding hydrogens is 617 g/mol. The van der Waals surface area contributed by atoms with E-state index in [1.54, 1.807) is 43.3 Å². The summed E-state index contributed by atoms with van der Waals surface area (Å²) in [7, 11) is -3.67. The van der Waals surface area contributed by atoms with Crippen LogP contribution in [-0.4, -0.2) is 50.0 Å². The van der Waals surface area contributed by atoms with E-state index in [-0.39, 0.29) is 50.2 Å². The molecule has 11 heteroatoms. The molecule has 0 aliphatic heterocycles. The summed E-state index contributed by atoms with van der Waals surface area (Å²) in [5, 5.41) is 4.14. The Morgan fingerprint density at radius 3 is 2.07 bits per heavy atom. The van der Waals surface area contributed by atoms with Crippen LogP contribution in [0.15, 0.2) is 66.7 Å². The lowest BCUT2D eigenvalue weighted by Crippen LogP contribution is -2.52. The van der Waals surface area contributed by atoms with Crippen LogP contribution >= 0.6 is 34.8 Å². The Morgan fingerprint density at radius 2 is 1.48 bits per heavy atom. The van der Waals surface area contributed by atoms with Crippen molar-refractivity contribution in [2.75, 3.05) is 17.1 Å². The molecule has 1 N–H and O–H groups in total. The lowest BCUT2D eigenvalue weighted by molar-refractivity contribution is -0.141. The maximum atomic E-state index is 14.0. The van der Waals surface area contributed by atoms with Crippen LogP contribution in [0.5, 0.6) is 0 Å². The molecule has 7 nitrogen and oxygen atoms in total. The molecule has 3 aromatic rings. The van der Waals surface area contributed by atoms with Gasteiger partial charge < -0.3 is 10.2 Å². The van der Waals surface area contributed by atoms with Crippen LogP contribution < -0.4 is 9.62 Å². The summed E-state index contributed by atoms with van der Waals surface area (Å²) >= 11 is 19.2. The number of amides is 2. The van der Waals surface area contributed by atoms with Gasteiger partial charge in [-0.1, -0.05) is 77.3 Å². The van der Waals surface area contributed by atoms with E-state index in [4.69, 9.17) is 34.8 Å². The molecule has 0 aliphatic rings. The zero-order valence-corrected chi connectivity index (χ0v) is 27.2. The van der Waals surface area contributed by atoms with Gasteiger partial charge in [0.15, 0.2) is 0 Å². The van der Waals surface area contributed by atoms with Crippen LogP contribution in [0.25, 0.3) is 0 Å². The molecule has 2 amide bonds. The van der Waals surface area contributed by atoms with Gasteiger partial charge in [-0.15, -0.1) is 0 Å². The molecule has 0 aromatic heterocycles. The lowest BCUT2D eigenvalue weighted by atomic mass is 10.0. The molecule has 0 spiro atoms. The standard InChI is InChI=1S/C31H36Cl3N3O4S/c1-21(2)35-31(39)29(19-23-11-6-5-7-12-23)36(20-24-26(33)14-8-15-27(24)34)30(38)17-10-18-37(42(4,40)41)28-16-9-13-25(32)22(28)3/h5-9,11-16,21,29H,10,17-20H2,1-4H3,(H,35,39)/t29-/m0/s1. The minimum Gasteiger partial charge on any atom is -0.352 e. The Bertz CT molecular complexity index is 1480. The molecule has 226 valence electrons. The van der Waals surface area contributed by atoms with Gasteiger partial charge in [0.2, 0.25) is 21.8 Å². The van der Waals surface area contributed by atoms with Gasteiger partial charge in [-0.3, -0.25) is 13.9 Å². The predicted octanol–water partition coefficient (Wildman–Crippen LogP) is 6.67. The second kappa shape index (κ2) is 15.1. The summed E-state index contributed by atoms with van der Waals surface area (Å²) < 4.78 is 26.7. The van der Waals surface area contributed by atoms with Gasteiger partial charge in [0.05, 0.1) is 11.9 Å². The highest BCUT2D eigenvalue weighted by atomic mass is 35.5.